The third-order valence-corrected chi connectivity index (χ3v) is 5.31. The van der Waals surface area contributed by atoms with Crippen molar-refractivity contribution in [3.05, 3.63) is 30.1 Å². The van der Waals surface area contributed by atoms with Crippen LogP contribution in [0, 0.1) is 0 Å². The van der Waals surface area contributed by atoms with Gasteiger partial charge in [0.05, 0.1) is 6.10 Å². The Balaban J connectivity index is 1.53. The van der Waals surface area contributed by atoms with Gasteiger partial charge in [0.25, 0.3) is 0 Å². The Bertz CT molecular complexity index is 535. The van der Waals surface area contributed by atoms with Crippen molar-refractivity contribution >= 4 is 5.91 Å². The normalized spacial score (nSPS) is 28.7. The Hall–Kier alpha value is -1.50. The van der Waals surface area contributed by atoms with E-state index >= 15 is 0 Å². The summed E-state index contributed by atoms with van der Waals surface area (Å²) < 4.78 is 0. The lowest BCUT2D eigenvalue weighted by Gasteiger charge is -2.43. The van der Waals surface area contributed by atoms with E-state index in [0.29, 0.717) is 25.7 Å². The summed E-state index contributed by atoms with van der Waals surface area (Å²) in [5, 5.41) is 13.6. The first-order valence-corrected chi connectivity index (χ1v) is 8.46. The van der Waals surface area contributed by atoms with E-state index in [1.807, 2.05) is 18.3 Å². The molecule has 2 bridgehead atoms. The average molecular weight is 318 g/mol. The Morgan fingerprint density at radius 2 is 2.39 bits per heavy atom. The molecule has 3 heterocycles. The lowest BCUT2D eigenvalue weighted by molar-refractivity contribution is -0.132. The molecule has 3 atom stereocenters. The fraction of sp³-hybridized carbons (Fsp3) is 0.647. The molecule has 4 N–H and O–H groups in total. The van der Waals surface area contributed by atoms with E-state index in [0.717, 1.165) is 37.7 Å². The van der Waals surface area contributed by atoms with Gasteiger partial charge in [-0.05, 0) is 43.7 Å². The zero-order valence-electron chi connectivity index (χ0n) is 13.4. The summed E-state index contributed by atoms with van der Waals surface area (Å²) in [5.41, 5.74) is 6.27. The van der Waals surface area contributed by atoms with Crippen LogP contribution in [0.4, 0.5) is 0 Å². The number of aromatic nitrogens is 1. The first-order valence-electron chi connectivity index (χ1n) is 8.46. The largest absolute Gasteiger partial charge is 0.390 e. The van der Waals surface area contributed by atoms with Crippen molar-refractivity contribution in [2.24, 2.45) is 5.73 Å². The van der Waals surface area contributed by atoms with Crippen LogP contribution in [0.15, 0.2) is 24.5 Å². The first-order chi connectivity index (χ1) is 11.1. The quantitative estimate of drug-likeness (QED) is 0.677. The molecule has 1 aromatic rings. The molecule has 6 nitrogen and oxygen atoms in total. The van der Waals surface area contributed by atoms with Gasteiger partial charge >= 0.3 is 0 Å². The van der Waals surface area contributed by atoms with Crippen LogP contribution in [0.25, 0.3) is 0 Å². The number of nitrogens with zero attached hydrogens (tertiary/aromatic N) is 2. The van der Waals surface area contributed by atoms with E-state index in [-0.39, 0.29) is 5.91 Å². The minimum atomic E-state index is -0.521. The Kier molecular flexibility index (Phi) is 4.94. The molecule has 23 heavy (non-hydrogen) atoms. The van der Waals surface area contributed by atoms with Crippen molar-refractivity contribution in [1.82, 2.24) is 15.2 Å². The molecule has 2 saturated heterocycles. The molecule has 1 aromatic heterocycles. The maximum atomic E-state index is 12.0. The monoisotopic (exact) mass is 318 g/mol. The van der Waals surface area contributed by atoms with Gasteiger partial charge in [0.1, 0.15) is 5.54 Å². The summed E-state index contributed by atoms with van der Waals surface area (Å²) in [4.78, 5) is 18.2. The molecule has 6 heteroatoms. The van der Waals surface area contributed by atoms with Crippen LogP contribution in [-0.4, -0.2) is 51.7 Å². The van der Waals surface area contributed by atoms with Gasteiger partial charge in [0.15, 0.2) is 0 Å². The van der Waals surface area contributed by atoms with Crippen LogP contribution in [0.2, 0.25) is 0 Å². The Morgan fingerprint density at radius 1 is 1.52 bits per heavy atom. The predicted molar refractivity (Wildman–Crippen MR) is 87.5 cm³/mol. The summed E-state index contributed by atoms with van der Waals surface area (Å²) in [7, 11) is 0. The summed E-state index contributed by atoms with van der Waals surface area (Å²) in [6.45, 7) is 1.68. The summed E-state index contributed by atoms with van der Waals surface area (Å²) in [5.74, 6) is -0.227. The maximum absolute atomic E-state index is 12.0. The highest BCUT2D eigenvalue weighted by Crippen LogP contribution is 2.43. The van der Waals surface area contributed by atoms with Crippen LogP contribution < -0.4 is 11.1 Å². The molecule has 1 unspecified atom stereocenters. The fourth-order valence-electron chi connectivity index (χ4n) is 4.14. The SMILES string of the molecule is NC(=O)[C@]12CCC[C@H](CC1)N2CC(O)CNCc1cccnc1. The summed E-state index contributed by atoms with van der Waals surface area (Å²) >= 11 is 0. The van der Waals surface area contributed by atoms with Gasteiger partial charge in [-0.3, -0.25) is 14.7 Å². The van der Waals surface area contributed by atoms with E-state index in [2.05, 4.69) is 15.2 Å². The van der Waals surface area contributed by atoms with Gasteiger partial charge in [-0.1, -0.05) is 6.07 Å². The number of pyridine rings is 1. The number of amides is 1. The molecule has 0 saturated carbocycles. The number of carbonyl (C=O) groups is 1. The van der Waals surface area contributed by atoms with Crippen molar-refractivity contribution in [3.63, 3.8) is 0 Å². The van der Waals surface area contributed by atoms with E-state index in [4.69, 9.17) is 5.73 Å². The number of aliphatic hydroxyl groups excluding tert-OH is 1. The minimum Gasteiger partial charge on any atom is -0.390 e. The van der Waals surface area contributed by atoms with Gasteiger partial charge < -0.3 is 16.2 Å². The third kappa shape index (κ3) is 3.39. The van der Waals surface area contributed by atoms with Gasteiger partial charge in [0, 0.05) is 38.1 Å². The van der Waals surface area contributed by atoms with E-state index in [1.54, 1.807) is 6.20 Å². The molecule has 2 fully saturated rings. The van der Waals surface area contributed by atoms with E-state index in [9.17, 15) is 9.90 Å². The molecular weight excluding hydrogens is 292 g/mol. The van der Waals surface area contributed by atoms with Crippen molar-refractivity contribution in [3.8, 4) is 0 Å². The number of hydrogen-bond acceptors (Lipinski definition) is 5. The summed E-state index contributed by atoms with van der Waals surface area (Å²) in [6.07, 6.45) is 7.88. The number of nitrogens with one attached hydrogen (secondary N) is 1. The van der Waals surface area contributed by atoms with Crippen molar-refractivity contribution < 1.29 is 9.90 Å². The third-order valence-electron chi connectivity index (χ3n) is 5.31. The minimum absolute atomic E-state index is 0.227. The highest BCUT2D eigenvalue weighted by molar-refractivity contribution is 5.85. The van der Waals surface area contributed by atoms with Crippen LogP contribution >= 0.6 is 0 Å². The standard InChI is InChI=1S/C17H26N4O2/c18-16(23)17-6-1-4-14(5-7-17)21(17)12-15(22)11-20-10-13-3-2-8-19-9-13/h2-3,8-9,14-15,20,22H,1,4-7,10-12H2,(H2,18,23)/t14-,15?,17+/m1/s1. The molecule has 1 amide bonds. The van der Waals surface area contributed by atoms with Crippen LogP contribution in [0.5, 0.6) is 0 Å². The second kappa shape index (κ2) is 6.95. The molecule has 2 aliphatic heterocycles. The number of hydrogen-bond donors (Lipinski definition) is 3. The van der Waals surface area contributed by atoms with Crippen molar-refractivity contribution in [2.75, 3.05) is 13.1 Å². The van der Waals surface area contributed by atoms with E-state index in [1.165, 1.54) is 0 Å². The second-order valence-electron chi connectivity index (χ2n) is 6.78. The zero-order chi connectivity index (χ0) is 16.3. The molecule has 126 valence electrons. The molecule has 0 radical (unpaired) electrons. The van der Waals surface area contributed by atoms with Gasteiger partial charge in [-0.25, -0.2) is 0 Å². The molecule has 0 spiro atoms. The van der Waals surface area contributed by atoms with Crippen LogP contribution in [-0.2, 0) is 11.3 Å². The maximum Gasteiger partial charge on any atom is 0.237 e. The molecular formula is C17H26N4O2. The number of piperidine rings is 1. The second-order valence-corrected chi connectivity index (χ2v) is 6.78. The fourth-order valence-corrected chi connectivity index (χ4v) is 4.14. The van der Waals surface area contributed by atoms with Crippen molar-refractivity contribution in [2.45, 2.75) is 56.3 Å². The Morgan fingerprint density at radius 3 is 3.13 bits per heavy atom. The number of primary amides is 1. The molecule has 2 aliphatic rings. The number of aliphatic hydroxyl groups is 1. The number of fused-ring (bicyclic) bond motifs is 2. The molecule has 0 aliphatic carbocycles. The van der Waals surface area contributed by atoms with Gasteiger partial charge in [-0.2, -0.15) is 0 Å². The van der Waals surface area contributed by atoms with E-state index < -0.39 is 11.6 Å². The van der Waals surface area contributed by atoms with Crippen LogP contribution in [0.1, 0.15) is 37.7 Å². The predicted octanol–water partition coefficient (Wildman–Crippen LogP) is 0.405. The number of rotatable bonds is 7. The first kappa shape index (κ1) is 16.4. The molecule has 3 rings (SSSR count). The zero-order valence-corrected chi connectivity index (χ0v) is 13.4. The summed E-state index contributed by atoms with van der Waals surface area (Å²) in [6, 6.07) is 4.29. The van der Waals surface area contributed by atoms with Gasteiger partial charge in [-0.15, -0.1) is 0 Å². The lowest BCUT2D eigenvalue weighted by Crippen LogP contribution is -2.60. The number of nitrogens with two attached hydrogens (primary N) is 1. The Labute approximate surface area is 137 Å². The lowest BCUT2D eigenvalue weighted by atomic mass is 9.87. The highest BCUT2D eigenvalue weighted by Gasteiger charge is 2.52. The smallest absolute Gasteiger partial charge is 0.237 e. The number of carbonyl (C=O) groups excluding carboxylic acids is 1. The highest BCUT2D eigenvalue weighted by atomic mass is 16.3. The average Bonchev–Trinajstić information content (AvgIpc) is 2.75. The van der Waals surface area contributed by atoms with Crippen LogP contribution in [0.3, 0.4) is 0 Å². The van der Waals surface area contributed by atoms with Gasteiger partial charge in [0.2, 0.25) is 5.91 Å². The molecule has 0 aromatic carbocycles. The topological polar surface area (TPSA) is 91.5 Å². The van der Waals surface area contributed by atoms with Crippen molar-refractivity contribution in [1.29, 1.82) is 0 Å². The number of β-amino-alcohol motifs (C(OH)–C–C–N with tert-alkyl or cyclic N) is 1.